The number of benzene rings is 1. The molecule has 0 spiro atoms. The molecule has 1 heterocycles. The molecular weight excluding hydrogens is 202 g/mol. The van der Waals surface area contributed by atoms with E-state index in [0.717, 1.165) is 6.42 Å². The van der Waals surface area contributed by atoms with Crippen molar-refractivity contribution < 1.29 is 0 Å². The molecule has 1 aliphatic rings. The summed E-state index contributed by atoms with van der Waals surface area (Å²) < 4.78 is 0. The summed E-state index contributed by atoms with van der Waals surface area (Å²) in [5.74, 6) is 2.60. The molecule has 1 aromatic carbocycles. The molecule has 0 bridgehead atoms. The Labute approximate surface area is 96.7 Å². The van der Waals surface area contributed by atoms with Crippen LogP contribution in [0, 0.1) is 0 Å². The van der Waals surface area contributed by atoms with Gasteiger partial charge < -0.3 is 5.32 Å². The molecular formula is C13H19NS. The molecule has 15 heavy (non-hydrogen) atoms. The van der Waals surface area contributed by atoms with Crippen LogP contribution in [0.4, 0.5) is 5.69 Å². The third-order valence-corrected chi connectivity index (χ3v) is 4.11. The van der Waals surface area contributed by atoms with Crippen molar-refractivity contribution in [2.24, 2.45) is 0 Å². The summed E-state index contributed by atoms with van der Waals surface area (Å²) in [4.78, 5) is 0. The fourth-order valence-electron chi connectivity index (χ4n) is 1.93. The highest BCUT2D eigenvalue weighted by Gasteiger charge is 2.12. The summed E-state index contributed by atoms with van der Waals surface area (Å²) in [5, 5.41) is 3.61. The molecule has 0 amide bonds. The normalized spacial score (nSPS) is 21.3. The Balaban J connectivity index is 1.91. The molecule has 0 saturated carbocycles. The highest BCUT2D eigenvalue weighted by Crippen LogP contribution is 2.21. The summed E-state index contributed by atoms with van der Waals surface area (Å²) in [5.41, 5.74) is 2.69. The van der Waals surface area contributed by atoms with Gasteiger partial charge in [0, 0.05) is 17.5 Å². The third-order valence-electron chi connectivity index (χ3n) is 2.89. The number of anilines is 1. The first-order chi connectivity index (χ1) is 7.38. The van der Waals surface area contributed by atoms with Crippen LogP contribution in [0.15, 0.2) is 24.3 Å². The largest absolute Gasteiger partial charge is 0.381 e. The lowest BCUT2D eigenvalue weighted by Gasteiger charge is -2.23. The lowest BCUT2D eigenvalue weighted by Crippen LogP contribution is -2.25. The maximum Gasteiger partial charge on any atom is 0.0352 e. The van der Waals surface area contributed by atoms with Crippen molar-refractivity contribution in [3.8, 4) is 0 Å². The number of hydrogen-bond donors (Lipinski definition) is 1. The third kappa shape index (κ3) is 3.16. The number of rotatable bonds is 3. The zero-order valence-electron chi connectivity index (χ0n) is 9.33. The summed E-state index contributed by atoms with van der Waals surface area (Å²) in [7, 11) is 0. The highest BCUT2D eigenvalue weighted by molar-refractivity contribution is 7.99. The topological polar surface area (TPSA) is 12.0 Å². The standard InChI is InChI=1S/C13H19NS/c1-2-11-5-7-12(8-6-11)14-13-4-3-9-15-10-13/h5-8,13-14H,2-4,9-10H2,1H3/t13-/m1/s1. The lowest BCUT2D eigenvalue weighted by atomic mass is 10.1. The molecule has 0 aliphatic carbocycles. The molecule has 82 valence electrons. The van der Waals surface area contributed by atoms with E-state index in [1.165, 1.54) is 35.6 Å². The van der Waals surface area contributed by atoms with Crippen LogP contribution in [0.5, 0.6) is 0 Å². The van der Waals surface area contributed by atoms with Gasteiger partial charge >= 0.3 is 0 Å². The van der Waals surface area contributed by atoms with E-state index in [-0.39, 0.29) is 0 Å². The smallest absolute Gasteiger partial charge is 0.0352 e. The van der Waals surface area contributed by atoms with E-state index in [4.69, 9.17) is 0 Å². The van der Waals surface area contributed by atoms with Crippen molar-refractivity contribution in [3.05, 3.63) is 29.8 Å². The van der Waals surface area contributed by atoms with Crippen LogP contribution in [0.2, 0.25) is 0 Å². The second-order valence-electron chi connectivity index (χ2n) is 4.11. The molecule has 2 heteroatoms. The van der Waals surface area contributed by atoms with E-state index in [0.29, 0.717) is 6.04 Å². The van der Waals surface area contributed by atoms with Gasteiger partial charge in [-0.15, -0.1) is 0 Å². The second-order valence-corrected chi connectivity index (χ2v) is 5.26. The molecule has 1 N–H and O–H groups in total. The summed E-state index contributed by atoms with van der Waals surface area (Å²) >= 11 is 2.07. The van der Waals surface area contributed by atoms with Gasteiger partial charge in [0.1, 0.15) is 0 Å². The average Bonchev–Trinajstić information content (AvgIpc) is 2.31. The summed E-state index contributed by atoms with van der Waals surface area (Å²) in [6.45, 7) is 2.19. The van der Waals surface area contributed by atoms with Gasteiger partial charge in [0.2, 0.25) is 0 Å². The summed E-state index contributed by atoms with van der Waals surface area (Å²) in [6, 6.07) is 9.53. The Morgan fingerprint density at radius 3 is 2.73 bits per heavy atom. The zero-order valence-corrected chi connectivity index (χ0v) is 10.1. The number of aryl methyl sites for hydroxylation is 1. The molecule has 0 unspecified atom stereocenters. The van der Waals surface area contributed by atoms with Crippen molar-refractivity contribution in [1.82, 2.24) is 0 Å². The number of hydrogen-bond acceptors (Lipinski definition) is 2. The molecule has 0 radical (unpaired) electrons. The first-order valence-corrected chi connectivity index (χ1v) is 6.97. The van der Waals surface area contributed by atoms with Gasteiger partial charge in [0.15, 0.2) is 0 Å². The zero-order chi connectivity index (χ0) is 10.5. The van der Waals surface area contributed by atoms with E-state index >= 15 is 0 Å². The molecule has 1 nitrogen and oxygen atoms in total. The van der Waals surface area contributed by atoms with E-state index in [9.17, 15) is 0 Å². The Kier molecular flexibility index (Phi) is 3.95. The lowest BCUT2D eigenvalue weighted by molar-refractivity contribution is 0.685. The molecule has 2 rings (SSSR count). The van der Waals surface area contributed by atoms with Gasteiger partial charge in [-0.1, -0.05) is 19.1 Å². The molecule has 1 atom stereocenters. The van der Waals surface area contributed by atoms with E-state index in [1.807, 2.05) is 0 Å². The maximum absolute atomic E-state index is 3.61. The van der Waals surface area contributed by atoms with Crippen molar-refractivity contribution >= 4 is 17.4 Å². The van der Waals surface area contributed by atoms with E-state index < -0.39 is 0 Å². The predicted molar refractivity (Wildman–Crippen MR) is 69.8 cm³/mol. The van der Waals surface area contributed by atoms with Gasteiger partial charge in [0.25, 0.3) is 0 Å². The van der Waals surface area contributed by atoms with Crippen LogP contribution in [0.1, 0.15) is 25.3 Å². The molecule has 1 saturated heterocycles. The van der Waals surface area contributed by atoms with Crippen LogP contribution in [-0.2, 0) is 6.42 Å². The second kappa shape index (κ2) is 5.45. The Morgan fingerprint density at radius 2 is 2.13 bits per heavy atom. The highest BCUT2D eigenvalue weighted by atomic mass is 32.2. The minimum Gasteiger partial charge on any atom is -0.381 e. The maximum atomic E-state index is 3.61. The minimum atomic E-state index is 0.677. The Hall–Kier alpha value is -0.630. The molecule has 1 aliphatic heterocycles. The van der Waals surface area contributed by atoms with Crippen LogP contribution in [0.3, 0.4) is 0 Å². The first kappa shape index (κ1) is 10.9. The monoisotopic (exact) mass is 221 g/mol. The SMILES string of the molecule is CCc1ccc(N[C@@H]2CCCSC2)cc1. The number of nitrogens with one attached hydrogen (secondary N) is 1. The van der Waals surface area contributed by atoms with E-state index in [1.54, 1.807) is 0 Å². The number of thioether (sulfide) groups is 1. The van der Waals surface area contributed by atoms with Crippen LogP contribution >= 0.6 is 11.8 Å². The van der Waals surface area contributed by atoms with Crippen molar-refractivity contribution in [2.45, 2.75) is 32.2 Å². The quantitative estimate of drug-likeness (QED) is 0.837. The fraction of sp³-hybridized carbons (Fsp3) is 0.538. The molecule has 0 aromatic heterocycles. The van der Waals surface area contributed by atoms with Gasteiger partial charge in [-0.25, -0.2) is 0 Å². The minimum absolute atomic E-state index is 0.677. The van der Waals surface area contributed by atoms with Gasteiger partial charge in [0.05, 0.1) is 0 Å². The Morgan fingerprint density at radius 1 is 1.33 bits per heavy atom. The van der Waals surface area contributed by atoms with Crippen molar-refractivity contribution in [1.29, 1.82) is 0 Å². The van der Waals surface area contributed by atoms with Crippen LogP contribution < -0.4 is 5.32 Å². The van der Waals surface area contributed by atoms with Crippen LogP contribution in [-0.4, -0.2) is 17.5 Å². The predicted octanol–water partition coefficient (Wildman–Crippen LogP) is 3.56. The fourth-order valence-corrected chi connectivity index (χ4v) is 3.00. The molecule has 1 aromatic rings. The molecule has 1 fully saturated rings. The van der Waals surface area contributed by atoms with Gasteiger partial charge in [-0.2, -0.15) is 11.8 Å². The van der Waals surface area contributed by atoms with Gasteiger partial charge in [-0.05, 0) is 42.7 Å². The Bertz CT molecular complexity index is 288. The first-order valence-electron chi connectivity index (χ1n) is 5.81. The average molecular weight is 221 g/mol. The summed E-state index contributed by atoms with van der Waals surface area (Å²) in [6.07, 6.45) is 3.80. The van der Waals surface area contributed by atoms with Crippen molar-refractivity contribution in [2.75, 3.05) is 16.8 Å². The van der Waals surface area contributed by atoms with Crippen LogP contribution in [0.25, 0.3) is 0 Å². The van der Waals surface area contributed by atoms with Crippen molar-refractivity contribution in [3.63, 3.8) is 0 Å². The van der Waals surface area contributed by atoms with Gasteiger partial charge in [-0.3, -0.25) is 0 Å². The van der Waals surface area contributed by atoms with E-state index in [2.05, 4.69) is 48.3 Å².